The zero-order valence-corrected chi connectivity index (χ0v) is 11.7. The Morgan fingerprint density at radius 2 is 2.10 bits per heavy atom. The summed E-state index contributed by atoms with van der Waals surface area (Å²) in [5, 5.41) is 20.1. The number of phenols is 1. The summed E-state index contributed by atoms with van der Waals surface area (Å²) < 4.78 is 7.62. The van der Waals surface area contributed by atoms with Gasteiger partial charge in [-0.3, -0.25) is 4.79 Å². The van der Waals surface area contributed by atoms with E-state index in [-0.39, 0.29) is 17.6 Å². The van der Waals surface area contributed by atoms with Crippen LogP contribution in [-0.2, 0) is 13.5 Å². The fourth-order valence-corrected chi connectivity index (χ4v) is 2.64. The minimum Gasteiger partial charge on any atom is -0.508 e. The number of aromatic nitrogens is 1. The molecule has 1 unspecified atom stereocenters. The largest absolute Gasteiger partial charge is 0.508 e. The molecule has 1 aromatic carbocycles. The summed E-state index contributed by atoms with van der Waals surface area (Å²) in [6, 6.07) is 4.68. The zero-order chi connectivity index (χ0) is 14.7. The van der Waals surface area contributed by atoms with Crippen molar-refractivity contribution in [3.05, 3.63) is 34.0 Å². The number of hydrogen-bond donors (Lipinski definition) is 2. The van der Waals surface area contributed by atoms with Crippen LogP contribution in [0.25, 0.3) is 10.9 Å². The van der Waals surface area contributed by atoms with Crippen molar-refractivity contribution in [1.82, 2.24) is 4.57 Å². The molecular weight excluding hydrogens is 258 g/mol. The Morgan fingerprint density at radius 1 is 1.40 bits per heavy atom. The Morgan fingerprint density at radius 3 is 2.80 bits per heavy atom. The van der Waals surface area contributed by atoms with Crippen molar-refractivity contribution in [2.24, 2.45) is 7.05 Å². The number of fused-ring (bicyclic) bond motifs is 2. The lowest BCUT2D eigenvalue weighted by Crippen LogP contribution is -2.48. The van der Waals surface area contributed by atoms with E-state index in [1.807, 2.05) is 7.05 Å². The number of aromatic hydroxyl groups is 1. The molecule has 0 spiro atoms. The first-order valence-electron chi connectivity index (χ1n) is 6.53. The number of hydrogen-bond acceptors (Lipinski definition) is 4. The number of ether oxygens (including phenoxy) is 1. The van der Waals surface area contributed by atoms with Gasteiger partial charge in [-0.2, -0.15) is 0 Å². The summed E-state index contributed by atoms with van der Waals surface area (Å²) in [6.45, 7) is 3.60. The highest BCUT2D eigenvalue weighted by molar-refractivity contribution is 5.82. The number of rotatable bonds is 0. The van der Waals surface area contributed by atoms with Crippen LogP contribution in [0.3, 0.4) is 0 Å². The van der Waals surface area contributed by atoms with Gasteiger partial charge in [-0.25, -0.2) is 0 Å². The third kappa shape index (κ3) is 1.70. The molecule has 3 rings (SSSR count). The van der Waals surface area contributed by atoms with E-state index in [1.165, 1.54) is 12.1 Å². The summed E-state index contributed by atoms with van der Waals surface area (Å²) in [7, 11) is 1.81. The van der Waals surface area contributed by atoms with Crippen LogP contribution in [-0.4, -0.2) is 26.5 Å². The maximum absolute atomic E-state index is 12.5. The molecule has 0 amide bonds. The second-order valence-electron chi connectivity index (χ2n) is 5.80. The molecule has 2 aromatic rings. The first kappa shape index (κ1) is 13.0. The Balaban J connectivity index is 2.38. The number of aliphatic hydroxyl groups is 1. The van der Waals surface area contributed by atoms with Gasteiger partial charge in [0.05, 0.1) is 17.2 Å². The van der Waals surface area contributed by atoms with E-state index in [2.05, 4.69) is 0 Å². The predicted octanol–water partition coefficient (Wildman–Crippen LogP) is 1.32. The Hall–Kier alpha value is -2.01. The van der Waals surface area contributed by atoms with Gasteiger partial charge >= 0.3 is 0 Å². The molecule has 1 aliphatic rings. The maximum atomic E-state index is 12.5. The van der Waals surface area contributed by atoms with Crippen molar-refractivity contribution in [2.75, 3.05) is 0 Å². The number of phenolic OH excluding ortho intramolecular Hbond substituents is 1. The van der Waals surface area contributed by atoms with E-state index < -0.39 is 11.7 Å². The summed E-state index contributed by atoms with van der Waals surface area (Å²) >= 11 is 0. The van der Waals surface area contributed by atoms with Crippen molar-refractivity contribution in [2.45, 2.75) is 32.0 Å². The lowest BCUT2D eigenvalue weighted by molar-refractivity contribution is -0.0465. The van der Waals surface area contributed by atoms with E-state index in [4.69, 9.17) is 4.74 Å². The molecule has 1 aromatic heterocycles. The number of aliphatic hydroxyl groups excluding tert-OH is 1. The fourth-order valence-electron chi connectivity index (χ4n) is 2.64. The highest BCUT2D eigenvalue weighted by Gasteiger charge is 2.38. The molecular formula is C15H17NO4. The minimum absolute atomic E-state index is 0.0483. The minimum atomic E-state index is -0.738. The van der Waals surface area contributed by atoms with Crippen LogP contribution < -0.4 is 10.2 Å². The second kappa shape index (κ2) is 3.99. The maximum Gasteiger partial charge on any atom is 0.201 e. The third-order valence-electron chi connectivity index (χ3n) is 3.98. The van der Waals surface area contributed by atoms with Crippen LogP contribution in [0.4, 0.5) is 0 Å². The van der Waals surface area contributed by atoms with Gasteiger partial charge in [0, 0.05) is 18.9 Å². The van der Waals surface area contributed by atoms with E-state index in [0.29, 0.717) is 22.3 Å². The molecule has 5 nitrogen and oxygen atoms in total. The number of benzene rings is 1. The fraction of sp³-hybridized carbons (Fsp3) is 0.400. The Bertz CT molecular complexity index is 761. The smallest absolute Gasteiger partial charge is 0.201 e. The summed E-state index contributed by atoms with van der Waals surface area (Å²) in [4.78, 5) is 12.5. The van der Waals surface area contributed by atoms with E-state index in [9.17, 15) is 15.0 Å². The van der Waals surface area contributed by atoms with Gasteiger partial charge in [-0.1, -0.05) is 0 Å². The average molecular weight is 275 g/mol. The number of aryl methyl sites for hydroxylation is 1. The van der Waals surface area contributed by atoms with Crippen molar-refractivity contribution in [1.29, 1.82) is 0 Å². The van der Waals surface area contributed by atoms with Gasteiger partial charge in [0.15, 0.2) is 5.43 Å². The van der Waals surface area contributed by atoms with Gasteiger partial charge in [0.1, 0.15) is 11.4 Å². The van der Waals surface area contributed by atoms with Gasteiger partial charge in [-0.15, -0.1) is 0 Å². The van der Waals surface area contributed by atoms with Crippen LogP contribution in [0.5, 0.6) is 11.6 Å². The molecule has 0 aliphatic carbocycles. The molecule has 0 bridgehead atoms. The standard InChI is InChI=1S/C15H17NO4/c1-15(2)12(18)7-10-13(19)9-6-8(17)4-5-11(9)16(3)14(10)20-15/h4-6,12,17-18H,7H2,1-3H3. The molecule has 0 saturated carbocycles. The first-order chi connectivity index (χ1) is 9.31. The zero-order valence-electron chi connectivity index (χ0n) is 11.7. The lowest BCUT2D eigenvalue weighted by atomic mass is 9.91. The molecule has 20 heavy (non-hydrogen) atoms. The SMILES string of the molecule is Cn1c2c(c(=O)c3cc(O)ccc31)CC(O)C(C)(C)O2. The molecule has 5 heteroatoms. The van der Waals surface area contributed by atoms with E-state index in [0.717, 1.165) is 0 Å². The topological polar surface area (TPSA) is 71.7 Å². The Labute approximate surface area is 116 Å². The molecule has 2 heterocycles. The second-order valence-corrected chi connectivity index (χ2v) is 5.80. The normalized spacial score (nSPS) is 20.5. The van der Waals surface area contributed by atoms with Crippen LogP contribution in [0.15, 0.2) is 23.0 Å². The van der Waals surface area contributed by atoms with Crippen molar-refractivity contribution in [3.8, 4) is 11.6 Å². The Kier molecular flexibility index (Phi) is 2.59. The van der Waals surface area contributed by atoms with Gasteiger partial charge in [0.25, 0.3) is 0 Å². The number of nitrogens with zero attached hydrogens (tertiary/aromatic N) is 1. The van der Waals surface area contributed by atoms with E-state index >= 15 is 0 Å². The molecule has 2 N–H and O–H groups in total. The summed E-state index contributed by atoms with van der Waals surface area (Å²) in [6.07, 6.45) is -0.488. The van der Waals surface area contributed by atoms with E-state index in [1.54, 1.807) is 24.5 Å². The quantitative estimate of drug-likeness (QED) is 0.760. The molecule has 106 valence electrons. The molecule has 1 atom stereocenters. The monoisotopic (exact) mass is 275 g/mol. The van der Waals surface area contributed by atoms with Crippen molar-refractivity contribution in [3.63, 3.8) is 0 Å². The van der Waals surface area contributed by atoms with Crippen LogP contribution in [0.2, 0.25) is 0 Å². The first-order valence-corrected chi connectivity index (χ1v) is 6.53. The van der Waals surface area contributed by atoms with Crippen LogP contribution in [0.1, 0.15) is 19.4 Å². The lowest BCUT2D eigenvalue weighted by Gasteiger charge is -2.37. The van der Waals surface area contributed by atoms with Gasteiger partial charge in [0.2, 0.25) is 5.88 Å². The molecule has 0 radical (unpaired) electrons. The summed E-state index contributed by atoms with van der Waals surface area (Å²) in [5.74, 6) is 0.538. The van der Waals surface area contributed by atoms with Gasteiger partial charge in [-0.05, 0) is 32.0 Å². The molecule has 0 fully saturated rings. The third-order valence-corrected chi connectivity index (χ3v) is 3.98. The van der Waals surface area contributed by atoms with Crippen molar-refractivity contribution < 1.29 is 14.9 Å². The average Bonchev–Trinajstić information content (AvgIpc) is 2.38. The highest BCUT2D eigenvalue weighted by Crippen LogP contribution is 2.33. The highest BCUT2D eigenvalue weighted by atomic mass is 16.5. The summed E-state index contributed by atoms with van der Waals surface area (Å²) in [5.41, 5.74) is 0.219. The van der Waals surface area contributed by atoms with Crippen LogP contribution >= 0.6 is 0 Å². The molecule has 1 aliphatic heterocycles. The van der Waals surface area contributed by atoms with Crippen molar-refractivity contribution >= 4 is 10.9 Å². The molecule has 0 saturated heterocycles. The van der Waals surface area contributed by atoms with Gasteiger partial charge < -0.3 is 19.5 Å². The predicted molar refractivity (Wildman–Crippen MR) is 75.3 cm³/mol. The number of pyridine rings is 1. The van der Waals surface area contributed by atoms with Crippen LogP contribution in [0, 0.1) is 0 Å².